The zero-order valence-electron chi connectivity index (χ0n) is 8.19. The number of Topliss-reactive ketones (excluding diaryl/α,β-unsaturated/α-hetero) is 1. The van der Waals surface area contributed by atoms with E-state index in [-0.39, 0.29) is 11.5 Å². The fraction of sp³-hybridized carbons (Fsp3) is 0.182. The molecular formula is C11H9NO3. The van der Waals surface area contributed by atoms with Crippen molar-refractivity contribution >= 4 is 17.5 Å². The number of hydrogen-bond donors (Lipinski definition) is 0. The van der Waals surface area contributed by atoms with E-state index in [0.717, 1.165) is 5.56 Å². The molecule has 0 atom stereocenters. The van der Waals surface area contributed by atoms with Gasteiger partial charge < -0.3 is 4.84 Å². The summed E-state index contributed by atoms with van der Waals surface area (Å²) in [6.45, 7) is 1.25. The number of carbonyl (C=O) groups is 2. The van der Waals surface area contributed by atoms with Gasteiger partial charge in [-0.25, -0.2) is 4.79 Å². The van der Waals surface area contributed by atoms with Gasteiger partial charge in [-0.05, 0) is 5.56 Å². The largest absolute Gasteiger partial charge is 0.331 e. The lowest BCUT2D eigenvalue weighted by atomic mass is 10.1. The normalized spacial score (nSPS) is 16.6. The van der Waals surface area contributed by atoms with Gasteiger partial charge in [0.1, 0.15) is 5.71 Å². The van der Waals surface area contributed by atoms with Crippen molar-refractivity contribution in [2.45, 2.75) is 13.3 Å². The first kappa shape index (κ1) is 9.58. The Morgan fingerprint density at radius 1 is 1.40 bits per heavy atom. The second kappa shape index (κ2) is 3.65. The third kappa shape index (κ3) is 1.79. The van der Waals surface area contributed by atoms with Crippen LogP contribution in [0, 0.1) is 0 Å². The molecule has 4 heteroatoms. The standard InChI is InChI=1S/C11H9NO3/c1-7(13)15-12-10-6-8-4-2-3-5-9(8)11(10)14/h2-5H,6H2,1H3/b12-10+. The topological polar surface area (TPSA) is 55.7 Å². The number of hydrogen-bond acceptors (Lipinski definition) is 4. The van der Waals surface area contributed by atoms with Crippen LogP contribution in [-0.2, 0) is 16.1 Å². The smallest absolute Gasteiger partial charge is 0.318 e. The summed E-state index contributed by atoms with van der Waals surface area (Å²) >= 11 is 0. The maximum atomic E-state index is 11.7. The van der Waals surface area contributed by atoms with Crippen LogP contribution in [0.15, 0.2) is 29.4 Å². The third-order valence-electron chi connectivity index (χ3n) is 2.17. The first-order valence-electron chi connectivity index (χ1n) is 4.55. The van der Waals surface area contributed by atoms with Crippen molar-refractivity contribution in [2.24, 2.45) is 5.16 Å². The van der Waals surface area contributed by atoms with Gasteiger partial charge in [0.15, 0.2) is 0 Å². The SMILES string of the molecule is CC(=O)O/N=C1\Cc2ccccc2C1=O. The van der Waals surface area contributed by atoms with E-state index in [0.29, 0.717) is 12.0 Å². The number of fused-ring (bicyclic) bond motifs is 1. The Balaban J connectivity index is 2.27. The highest BCUT2D eigenvalue weighted by Gasteiger charge is 2.26. The summed E-state index contributed by atoms with van der Waals surface area (Å²) in [5.74, 6) is -0.682. The van der Waals surface area contributed by atoms with Crippen molar-refractivity contribution in [3.8, 4) is 0 Å². The number of carbonyl (C=O) groups excluding carboxylic acids is 2. The predicted octanol–water partition coefficient (Wildman–Crippen LogP) is 1.34. The first-order valence-corrected chi connectivity index (χ1v) is 4.55. The molecule has 1 aromatic rings. The highest BCUT2D eigenvalue weighted by Crippen LogP contribution is 2.19. The van der Waals surface area contributed by atoms with E-state index in [9.17, 15) is 9.59 Å². The molecule has 0 fully saturated rings. The van der Waals surface area contributed by atoms with Crippen LogP contribution in [-0.4, -0.2) is 17.5 Å². The molecule has 0 amide bonds. The highest BCUT2D eigenvalue weighted by molar-refractivity contribution is 6.49. The Hall–Kier alpha value is -1.97. The zero-order valence-corrected chi connectivity index (χ0v) is 8.19. The summed E-state index contributed by atoms with van der Waals surface area (Å²) in [6, 6.07) is 7.27. The minimum Gasteiger partial charge on any atom is -0.318 e. The molecule has 15 heavy (non-hydrogen) atoms. The van der Waals surface area contributed by atoms with Gasteiger partial charge in [-0.1, -0.05) is 29.4 Å². The molecule has 0 saturated heterocycles. The minimum atomic E-state index is -0.522. The van der Waals surface area contributed by atoms with E-state index >= 15 is 0 Å². The summed E-state index contributed by atoms with van der Waals surface area (Å²) in [5.41, 5.74) is 1.85. The molecule has 0 unspecified atom stereocenters. The molecular weight excluding hydrogens is 194 g/mol. The molecule has 0 heterocycles. The quantitative estimate of drug-likeness (QED) is 0.511. The second-order valence-corrected chi connectivity index (χ2v) is 3.28. The molecule has 1 aromatic carbocycles. The van der Waals surface area contributed by atoms with Gasteiger partial charge in [0.05, 0.1) is 0 Å². The molecule has 0 N–H and O–H groups in total. The van der Waals surface area contributed by atoms with Gasteiger partial charge in [0.25, 0.3) is 0 Å². The first-order chi connectivity index (χ1) is 7.18. The van der Waals surface area contributed by atoms with E-state index in [1.807, 2.05) is 12.1 Å². The van der Waals surface area contributed by atoms with Crippen LogP contribution in [0.3, 0.4) is 0 Å². The van der Waals surface area contributed by atoms with Crippen LogP contribution in [0.25, 0.3) is 0 Å². The van der Waals surface area contributed by atoms with Crippen molar-refractivity contribution in [3.63, 3.8) is 0 Å². The second-order valence-electron chi connectivity index (χ2n) is 3.28. The summed E-state index contributed by atoms with van der Waals surface area (Å²) in [5, 5.41) is 3.54. The van der Waals surface area contributed by atoms with Crippen LogP contribution >= 0.6 is 0 Å². The average molecular weight is 203 g/mol. The molecule has 2 rings (SSSR count). The van der Waals surface area contributed by atoms with Gasteiger partial charge in [0, 0.05) is 18.9 Å². The minimum absolute atomic E-state index is 0.160. The van der Waals surface area contributed by atoms with Crippen LogP contribution in [0.4, 0.5) is 0 Å². The van der Waals surface area contributed by atoms with Crippen LogP contribution < -0.4 is 0 Å². The Morgan fingerprint density at radius 2 is 2.13 bits per heavy atom. The van der Waals surface area contributed by atoms with Gasteiger partial charge in [-0.15, -0.1) is 0 Å². The van der Waals surface area contributed by atoms with E-state index in [1.165, 1.54) is 6.92 Å². The molecule has 4 nitrogen and oxygen atoms in total. The molecule has 1 aliphatic rings. The lowest BCUT2D eigenvalue weighted by molar-refractivity contribution is -0.140. The van der Waals surface area contributed by atoms with E-state index in [4.69, 9.17) is 0 Å². The molecule has 0 radical (unpaired) electrons. The maximum Gasteiger partial charge on any atom is 0.331 e. The summed E-state index contributed by atoms with van der Waals surface area (Å²) in [6.07, 6.45) is 0.433. The number of benzene rings is 1. The molecule has 1 aliphatic carbocycles. The molecule has 0 aromatic heterocycles. The molecule has 0 spiro atoms. The van der Waals surface area contributed by atoms with Gasteiger partial charge in [-0.3, -0.25) is 4.79 Å². The monoisotopic (exact) mass is 203 g/mol. The van der Waals surface area contributed by atoms with E-state index < -0.39 is 5.97 Å². The van der Waals surface area contributed by atoms with Crippen molar-refractivity contribution < 1.29 is 14.4 Å². The van der Waals surface area contributed by atoms with Crippen molar-refractivity contribution in [2.75, 3.05) is 0 Å². The number of oxime groups is 1. The number of ketones is 1. The van der Waals surface area contributed by atoms with E-state index in [1.54, 1.807) is 12.1 Å². The van der Waals surface area contributed by atoms with Crippen molar-refractivity contribution in [3.05, 3.63) is 35.4 Å². The molecule has 0 bridgehead atoms. The van der Waals surface area contributed by atoms with Gasteiger partial charge in [-0.2, -0.15) is 0 Å². The van der Waals surface area contributed by atoms with Crippen LogP contribution in [0.5, 0.6) is 0 Å². The number of nitrogens with zero attached hydrogens (tertiary/aromatic N) is 1. The van der Waals surface area contributed by atoms with Gasteiger partial charge in [0.2, 0.25) is 5.78 Å². The Labute approximate surface area is 86.5 Å². The van der Waals surface area contributed by atoms with Crippen LogP contribution in [0.2, 0.25) is 0 Å². The van der Waals surface area contributed by atoms with Crippen LogP contribution in [0.1, 0.15) is 22.8 Å². The summed E-state index contributed by atoms with van der Waals surface area (Å²) < 4.78 is 0. The maximum absolute atomic E-state index is 11.7. The highest BCUT2D eigenvalue weighted by atomic mass is 16.7. The van der Waals surface area contributed by atoms with Crippen molar-refractivity contribution in [1.82, 2.24) is 0 Å². The van der Waals surface area contributed by atoms with Gasteiger partial charge >= 0.3 is 5.97 Å². The predicted molar refractivity (Wildman–Crippen MR) is 53.7 cm³/mol. The lowest BCUT2D eigenvalue weighted by Gasteiger charge is -1.92. The molecule has 0 aliphatic heterocycles. The lowest BCUT2D eigenvalue weighted by Crippen LogP contribution is -2.09. The fourth-order valence-corrected chi connectivity index (χ4v) is 1.51. The Kier molecular flexibility index (Phi) is 2.33. The zero-order chi connectivity index (χ0) is 10.8. The fourth-order valence-electron chi connectivity index (χ4n) is 1.51. The average Bonchev–Trinajstić information content (AvgIpc) is 2.54. The summed E-state index contributed by atoms with van der Waals surface area (Å²) in [7, 11) is 0. The molecule has 0 saturated carbocycles. The Bertz CT molecular complexity index is 463. The molecule has 76 valence electrons. The number of rotatable bonds is 1. The van der Waals surface area contributed by atoms with E-state index in [2.05, 4.69) is 9.99 Å². The Morgan fingerprint density at radius 3 is 2.80 bits per heavy atom. The van der Waals surface area contributed by atoms with Crippen molar-refractivity contribution in [1.29, 1.82) is 0 Å². The summed E-state index contributed by atoms with van der Waals surface area (Å²) in [4.78, 5) is 26.7. The third-order valence-corrected chi connectivity index (χ3v) is 2.17.